The van der Waals surface area contributed by atoms with Gasteiger partial charge in [-0.15, -0.1) is 0 Å². The fourth-order valence-electron chi connectivity index (χ4n) is 1.46. The second-order valence-electron chi connectivity index (χ2n) is 3.12. The second kappa shape index (κ2) is 4.64. The fourth-order valence-corrected chi connectivity index (χ4v) is 1.74. The van der Waals surface area contributed by atoms with Gasteiger partial charge in [0, 0.05) is 10.6 Å². The zero-order valence-electron chi connectivity index (χ0n) is 8.56. The molecule has 0 aliphatic rings. The number of hydrogen-bond acceptors (Lipinski definition) is 3. The third kappa shape index (κ3) is 2.00. The SMILES string of the molecule is COc1c(C)cc(Cl)c(C)c1CON. The van der Waals surface area contributed by atoms with Crippen molar-refractivity contribution >= 4 is 11.6 Å². The first-order chi connectivity index (χ1) is 6.61. The Morgan fingerprint density at radius 3 is 2.57 bits per heavy atom. The monoisotopic (exact) mass is 215 g/mol. The summed E-state index contributed by atoms with van der Waals surface area (Å²) in [7, 11) is 1.62. The summed E-state index contributed by atoms with van der Waals surface area (Å²) in [6.07, 6.45) is 0. The molecule has 2 N–H and O–H groups in total. The van der Waals surface area contributed by atoms with Crippen molar-refractivity contribution in [1.29, 1.82) is 0 Å². The second-order valence-corrected chi connectivity index (χ2v) is 3.53. The van der Waals surface area contributed by atoms with Crippen LogP contribution in [0.1, 0.15) is 16.7 Å². The Morgan fingerprint density at radius 2 is 2.07 bits per heavy atom. The van der Waals surface area contributed by atoms with Crippen molar-refractivity contribution in [3.63, 3.8) is 0 Å². The third-order valence-corrected chi connectivity index (χ3v) is 2.61. The van der Waals surface area contributed by atoms with E-state index in [1.54, 1.807) is 7.11 Å². The molecule has 1 aromatic carbocycles. The van der Waals surface area contributed by atoms with Gasteiger partial charge in [-0.2, -0.15) is 0 Å². The molecule has 1 rings (SSSR count). The van der Waals surface area contributed by atoms with Gasteiger partial charge in [0.25, 0.3) is 0 Å². The maximum Gasteiger partial charge on any atom is 0.127 e. The number of methoxy groups -OCH3 is 1. The van der Waals surface area contributed by atoms with E-state index in [2.05, 4.69) is 4.84 Å². The molecule has 0 fully saturated rings. The molecule has 0 spiro atoms. The van der Waals surface area contributed by atoms with Crippen LogP contribution in [0.3, 0.4) is 0 Å². The van der Waals surface area contributed by atoms with Crippen molar-refractivity contribution in [3.05, 3.63) is 27.8 Å². The van der Waals surface area contributed by atoms with Crippen molar-refractivity contribution in [2.45, 2.75) is 20.5 Å². The van der Waals surface area contributed by atoms with E-state index in [-0.39, 0.29) is 0 Å². The molecule has 0 saturated carbocycles. The lowest BCUT2D eigenvalue weighted by molar-refractivity contribution is 0.121. The number of rotatable bonds is 3. The van der Waals surface area contributed by atoms with E-state index in [1.165, 1.54) is 0 Å². The van der Waals surface area contributed by atoms with Crippen LogP contribution < -0.4 is 10.6 Å². The topological polar surface area (TPSA) is 44.5 Å². The average molecular weight is 216 g/mol. The Morgan fingerprint density at radius 1 is 1.43 bits per heavy atom. The Balaban J connectivity index is 3.32. The number of aryl methyl sites for hydroxylation is 1. The van der Waals surface area contributed by atoms with Crippen LogP contribution in [0.25, 0.3) is 0 Å². The molecule has 0 atom stereocenters. The van der Waals surface area contributed by atoms with Crippen LogP contribution in [-0.2, 0) is 11.4 Å². The van der Waals surface area contributed by atoms with E-state index in [9.17, 15) is 0 Å². The van der Waals surface area contributed by atoms with Gasteiger partial charge in [0.15, 0.2) is 0 Å². The van der Waals surface area contributed by atoms with Gasteiger partial charge < -0.3 is 4.74 Å². The first-order valence-electron chi connectivity index (χ1n) is 4.26. The highest BCUT2D eigenvalue weighted by molar-refractivity contribution is 6.31. The molecule has 78 valence electrons. The zero-order valence-corrected chi connectivity index (χ0v) is 9.31. The zero-order chi connectivity index (χ0) is 10.7. The molecule has 0 bridgehead atoms. The van der Waals surface area contributed by atoms with Crippen LogP contribution in [-0.4, -0.2) is 7.11 Å². The summed E-state index contributed by atoms with van der Waals surface area (Å²) < 4.78 is 5.27. The molecule has 0 heterocycles. The molecule has 0 amide bonds. The van der Waals surface area contributed by atoms with Crippen molar-refractivity contribution in [3.8, 4) is 5.75 Å². The number of ether oxygens (including phenoxy) is 1. The molecular weight excluding hydrogens is 202 g/mol. The van der Waals surface area contributed by atoms with Gasteiger partial charge in [-0.1, -0.05) is 11.6 Å². The number of hydrogen-bond donors (Lipinski definition) is 1. The highest BCUT2D eigenvalue weighted by atomic mass is 35.5. The van der Waals surface area contributed by atoms with E-state index < -0.39 is 0 Å². The van der Waals surface area contributed by atoms with Gasteiger partial charge in [-0.25, -0.2) is 5.90 Å². The molecule has 0 saturated heterocycles. The van der Waals surface area contributed by atoms with E-state index in [0.29, 0.717) is 11.6 Å². The minimum atomic E-state index is 0.302. The molecule has 0 aliphatic heterocycles. The number of halogens is 1. The summed E-state index contributed by atoms with van der Waals surface area (Å²) in [4.78, 5) is 4.62. The number of nitrogens with two attached hydrogens (primary N) is 1. The van der Waals surface area contributed by atoms with Crippen LogP contribution in [0, 0.1) is 13.8 Å². The normalized spacial score (nSPS) is 10.4. The van der Waals surface area contributed by atoms with Crippen molar-refractivity contribution in [2.75, 3.05) is 7.11 Å². The van der Waals surface area contributed by atoms with Crippen LogP contribution in [0.4, 0.5) is 0 Å². The minimum Gasteiger partial charge on any atom is -0.496 e. The predicted octanol–water partition coefficient (Wildman–Crippen LogP) is 2.36. The first-order valence-corrected chi connectivity index (χ1v) is 4.63. The third-order valence-electron chi connectivity index (χ3n) is 2.22. The van der Waals surface area contributed by atoms with Crippen LogP contribution in [0.15, 0.2) is 6.07 Å². The van der Waals surface area contributed by atoms with E-state index in [1.807, 2.05) is 19.9 Å². The van der Waals surface area contributed by atoms with Gasteiger partial charge in [-0.3, -0.25) is 4.84 Å². The van der Waals surface area contributed by atoms with E-state index >= 15 is 0 Å². The Labute approximate surface area is 88.7 Å². The maximum absolute atomic E-state index is 6.03. The molecule has 14 heavy (non-hydrogen) atoms. The van der Waals surface area contributed by atoms with Crippen LogP contribution in [0.2, 0.25) is 5.02 Å². The van der Waals surface area contributed by atoms with Crippen LogP contribution >= 0.6 is 11.6 Å². The van der Waals surface area contributed by atoms with Crippen LogP contribution in [0.5, 0.6) is 5.75 Å². The van der Waals surface area contributed by atoms with Crippen molar-refractivity contribution in [1.82, 2.24) is 0 Å². The molecule has 3 nitrogen and oxygen atoms in total. The first kappa shape index (κ1) is 11.3. The van der Waals surface area contributed by atoms with E-state index in [4.69, 9.17) is 22.2 Å². The van der Waals surface area contributed by atoms with Gasteiger partial charge in [0.2, 0.25) is 0 Å². The molecule has 4 heteroatoms. The predicted molar refractivity (Wildman–Crippen MR) is 56.5 cm³/mol. The highest BCUT2D eigenvalue weighted by Crippen LogP contribution is 2.32. The lowest BCUT2D eigenvalue weighted by Gasteiger charge is -2.14. The summed E-state index contributed by atoms with van der Waals surface area (Å²) >= 11 is 6.03. The highest BCUT2D eigenvalue weighted by Gasteiger charge is 2.12. The average Bonchev–Trinajstić information content (AvgIpc) is 2.14. The summed E-state index contributed by atoms with van der Waals surface area (Å²) in [5.74, 6) is 5.84. The Kier molecular flexibility index (Phi) is 3.75. The maximum atomic E-state index is 6.03. The van der Waals surface area contributed by atoms with E-state index in [0.717, 1.165) is 22.4 Å². The van der Waals surface area contributed by atoms with Crippen molar-refractivity contribution in [2.24, 2.45) is 5.90 Å². The minimum absolute atomic E-state index is 0.302. The summed E-state index contributed by atoms with van der Waals surface area (Å²) in [5, 5.41) is 0.704. The van der Waals surface area contributed by atoms with Gasteiger partial charge >= 0.3 is 0 Å². The standard InChI is InChI=1S/C10H14ClNO2/c1-6-4-9(11)7(2)8(5-14-12)10(6)13-3/h4H,5,12H2,1-3H3. The molecular formula is C10H14ClNO2. The van der Waals surface area contributed by atoms with Gasteiger partial charge in [0.05, 0.1) is 13.7 Å². The fraction of sp³-hybridized carbons (Fsp3) is 0.400. The van der Waals surface area contributed by atoms with Gasteiger partial charge in [-0.05, 0) is 31.0 Å². The summed E-state index contributed by atoms with van der Waals surface area (Å²) in [5.41, 5.74) is 2.83. The molecule has 0 radical (unpaired) electrons. The molecule has 1 aromatic rings. The molecule has 0 unspecified atom stereocenters. The Bertz CT molecular complexity index is 339. The van der Waals surface area contributed by atoms with Crippen molar-refractivity contribution < 1.29 is 9.57 Å². The molecule has 0 aliphatic carbocycles. The summed E-state index contributed by atoms with van der Waals surface area (Å²) in [6.45, 7) is 4.15. The summed E-state index contributed by atoms with van der Waals surface area (Å²) in [6, 6.07) is 1.87. The lowest BCUT2D eigenvalue weighted by atomic mass is 10.0. The lowest BCUT2D eigenvalue weighted by Crippen LogP contribution is -2.04. The largest absolute Gasteiger partial charge is 0.496 e. The smallest absolute Gasteiger partial charge is 0.127 e. The molecule has 0 aromatic heterocycles. The Hall–Kier alpha value is -0.770. The quantitative estimate of drug-likeness (QED) is 0.788. The van der Waals surface area contributed by atoms with Gasteiger partial charge in [0.1, 0.15) is 5.75 Å². The number of benzene rings is 1.